The fraction of sp³-hybridized carbons (Fsp3) is 0.263. The molecule has 0 atom stereocenters. The van der Waals surface area contributed by atoms with Gasteiger partial charge in [0.15, 0.2) is 11.5 Å². The van der Waals surface area contributed by atoms with Crippen LogP contribution in [0.25, 0.3) is 10.6 Å². The number of thiazole rings is 1. The van der Waals surface area contributed by atoms with E-state index in [1.807, 2.05) is 24.4 Å². The number of hydrogen-bond acceptors (Lipinski definition) is 6. The van der Waals surface area contributed by atoms with Crippen molar-refractivity contribution < 1.29 is 14.3 Å². The first-order valence-corrected chi connectivity index (χ1v) is 10.6. The number of aryl methyl sites for hydroxylation is 1. The average molecular weight is 421 g/mol. The van der Waals surface area contributed by atoms with Crippen molar-refractivity contribution in [3.05, 3.63) is 50.1 Å². The standard InChI is InChI=1S/C19H17ClN2O3S2/c1-11-22-15(10-26-11)17-4-3-13(27-17)9-21-19(23)12-7-14(20)18-16(8-12)24-5-2-6-25-18/h3-4,7-8,10H,2,5-6,9H2,1H3,(H,21,23). The molecule has 0 radical (unpaired) electrons. The van der Waals surface area contributed by atoms with Gasteiger partial charge in [-0.1, -0.05) is 11.6 Å². The van der Waals surface area contributed by atoms with E-state index >= 15 is 0 Å². The monoisotopic (exact) mass is 420 g/mol. The number of carbonyl (C=O) groups is 1. The van der Waals surface area contributed by atoms with Crippen molar-refractivity contribution in [1.82, 2.24) is 10.3 Å². The number of rotatable bonds is 4. The molecule has 0 bridgehead atoms. The molecular weight excluding hydrogens is 404 g/mol. The Hall–Kier alpha value is -2.09. The van der Waals surface area contributed by atoms with Crippen LogP contribution in [0, 0.1) is 6.92 Å². The Labute approximate surface area is 169 Å². The molecule has 140 valence electrons. The van der Waals surface area contributed by atoms with Crippen LogP contribution in [0.15, 0.2) is 29.6 Å². The molecule has 27 heavy (non-hydrogen) atoms. The van der Waals surface area contributed by atoms with E-state index in [4.69, 9.17) is 21.1 Å². The summed E-state index contributed by atoms with van der Waals surface area (Å²) in [5.41, 5.74) is 1.44. The third-order valence-electron chi connectivity index (χ3n) is 4.02. The van der Waals surface area contributed by atoms with Crippen LogP contribution in [0.5, 0.6) is 11.5 Å². The molecule has 0 fully saturated rings. The smallest absolute Gasteiger partial charge is 0.251 e. The predicted octanol–water partition coefficient (Wildman–Crippen LogP) is 4.92. The number of halogens is 1. The molecule has 1 N–H and O–H groups in total. The summed E-state index contributed by atoms with van der Waals surface area (Å²) in [6, 6.07) is 7.34. The lowest BCUT2D eigenvalue weighted by Crippen LogP contribution is -2.22. The maximum atomic E-state index is 12.5. The van der Waals surface area contributed by atoms with E-state index in [1.54, 1.807) is 34.8 Å². The number of nitrogens with one attached hydrogen (secondary N) is 1. The Morgan fingerprint density at radius 2 is 2.15 bits per heavy atom. The van der Waals surface area contributed by atoms with Crippen LogP contribution in [-0.2, 0) is 6.54 Å². The molecule has 1 aliphatic heterocycles. The second-order valence-electron chi connectivity index (χ2n) is 6.04. The van der Waals surface area contributed by atoms with Gasteiger partial charge in [-0.25, -0.2) is 4.98 Å². The molecule has 1 aromatic carbocycles. The first-order chi connectivity index (χ1) is 13.1. The third-order valence-corrected chi connectivity index (χ3v) is 6.18. The van der Waals surface area contributed by atoms with Gasteiger partial charge in [-0.15, -0.1) is 22.7 Å². The second-order valence-corrected chi connectivity index (χ2v) is 8.67. The maximum Gasteiger partial charge on any atom is 0.251 e. The SMILES string of the molecule is Cc1nc(-c2ccc(CNC(=O)c3cc(Cl)c4c(c3)OCCCO4)s2)cs1. The number of ether oxygens (including phenoxy) is 2. The summed E-state index contributed by atoms with van der Waals surface area (Å²) >= 11 is 9.52. The van der Waals surface area contributed by atoms with Crippen molar-refractivity contribution >= 4 is 40.2 Å². The van der Waals surface area contributed by atoms with Crippen LogP contribution in [0.4, 0.5) is 0 Å². The minimum Gasteiger partial charge on any atom is -0.489 e. The highest BCUT2D eigenvalue weighted by atomic mass is 35.5. The summed E-state index contributed by atoms with van der Waals surface area (Å²) in [7, 11) is 0. The molecular formula is C19H17ClN2O3S2. The van der Waals surface area contributed by atoms with E-state index in [0.717, 1.165) is 26.9 Å². The van der Waals surface area contributed by atoms with E-state index in [2.05, 4.69) is 10.3 Å². The summed E-state index contributed by atoms with van der Waals surface area (Å²) in [5, 5.41) is 6.41. The van der Waals surface area contributed by atoms with Crippen molar-refractivity contribution in [2.24, 2.45) is 0 Å². The Morgan fingerprint density at radius 1 is 1.30 bits per heavy atom. The van der Waals surface area contributed by atoms with Crippen molar-refractivity contribution in [1.29, 1.82) is 0 Å². The topological polar surface area (TPSA) is 60.5 Å². The molecule has 0 saturated heterocycles. The molecule has 1 aliphatic rings. The zero-order valence-electron chi connectivity index (χ0n) is 14.6. The van der Waals surface area contributed by atoms with Gasteiger partial charge in [-0.2, -0.15) is 0 Å². The number of thiophene rings is 1. The summed E-state index contributed by atoms with van der Waals surface area (Å²) in [4.78, 5) is 19.2. The summed E-state index contributed by atoms with van der Waals surface area (Å²) < 4.78 is 11.2. The molecule has 2 aromatic heterocycles. The zero-order valence-corrected chi connectivity index (χ0v) is 17.0. The number of fused-ring (bicyclic) bond motifs is 1. The van der Waals surface area contributed by atoms with Crippen molar-refractivity contribution in [3.63, 3.8) is 0 Å². The molecule has 0 spiro atoms. The highest BCUT2D eigenvalue weighted by molar-refractivity contribution is 7.16. The lowest BCUT2D eigenvalue weighted by Gasteiger charge is -2.11. The number of carbonyl (C=O) groups excluding carboxylic acids is 1. The van der Waals surface area contributed by atoms with Crippen LogP contribution in [0.1, 0.15) is 26.7 Å². The number of hydrogen-bond donors (Lipinski definition) is 1. The summed E-state index contributed by atoms with van der Waals surface area (Å²) in [6.45, 7) is 3.53. The minimum atomic E-state index is -0.202. The van der Waals surface area contributed by atoms with Gasteiger partial charge in [0.05, 0.1) is 40.4 Å². The average Bonchev–Trinajstić information content (AvgIpc) is 3.22. The van der Waals surface area contributed by atoms with Crippen molar-refractivity contribution in [2.75, 3.05) is 13.2 Å². The van der Waals surface area contributed by atoms with Gasteiger partial charge in [0.2, 0.25) is 0 Å². The van der Waals surface area contributed by atoms with E-state index < -0.39 is 0 Å². The van der Waals surface area contributed by atoms with E-state index in [0.29, 0.717) is 41.8 Å². The largest absolute Gasteiger partial charge is 0.489 e. The zero-order chi connectivity index (χ0) is 18.8. The lowest BCUT2D eigenvalue weighted by atomic mass is 10.2. The van der Waals surface area contributed by atoms with Crippen molar-refractivity contribution in [2.45, 2.75) is 19.9 Å². The van der Waals surface area contributed by atoms with Crippen LogP contribution in [0.3, 0.4) is 0 Å². The number of nitrogens with zero attached hydrogens (tertiary/aromatic N) is 1. The predicted molar refractivity (Wildman–Crippen MR) is 108 cm³/mol. The quantitative estimate of drug-likeness (QED) is 0.650. The first kappa shape index (κ1) is 18.3. The molecule has 5 nitrogen and oxygen atoms in total. The van der Waals surface area contributed by atoms with Crippen molar-refractivity contribution in [3.8, 4) is 22.1 Å². The van der Waals surface area contributed by atoms with E-state index in [1.165, 1.54) is 0 Å². The molecule has 1 amide bonds. The Kier molecular flexibility index (Phi) is 5.33. The Morgan fingerprint density at radius 3 is 2.96 bits per heavy atom. The Bertz CT molecular complexity index is 983. The molecule has 0 saturated carbocycles. The third kappa shape index (κ3) is 4.10. The fourth-order valence-electron chi connectivity index (χ4n) is 2.72. The summed E-state index contributed by atoms with van der Waals surface area (Å²) in [6.07, 6.45) is 0.783. The Balaban J connectivity index is 1.45. The molecule has 0 unspecified atom stereocenters. The maximum absolute atomic E-state index is 12.5. The normalized spacial score (nSPS) is 13.3. The fourth-order valence-corrected chi connectivity index (χ4v) is 4.58. The van der Waals surface area contributed by atoms with Gasteiger partial charge in [0.1, 0.15) is 0 Å². The van der Waals surface area contributed by atoms with Gasteiger partial charge in [0, 0.05) is 22.2 Å². The van der Waals surface area contributed by atoms with Crippen LogP contribution >= 0.6 is 34.3 Å². The van der Waals surface area contributed by atoms with Gasteiger partial charge < -0.3 is 14.8 Å². The molecule has 4 rings (SSSR count). The molecule has 8 heteroatoms. The van der Waals surface area contributed by atoms with Gasteiger partial charge in [0.25, 0.3) is 5.91 Å². The van der Waals surface area contributed by atoms with E-state index in [9.17, 15) is 4.79 Å². The second kappa shape index (κ2) is 7.88. The van der Waals surface area contributed by atoms with Crippen LogP contribution < -0.4 is 14.8 Å². The highest BCUT2D eigenvalue weighted by Crippen LogP contribution is 2.38. The van der Waals surface area contributed by atoms with Gasteiger partial charge in [-0.3, -0.25) is 4.79 Å². The van der Waals surface area contributed by atoms with Crippen LogP contribution in [-0.4, -0.2) is 24.1 Å². The number of aromatic nitrogens is 1. The minimum absolute atomic E-state index is 0.202. The van der Waals surface area contributed by atoms with E-state index in [-0.39, 0.29) is 5.91 Å². The van der Waals surface area contributed by atoms with Gasteiger partial charge in [-0.05, 0) is 31.2 Å². The highest BCUT2D eigenvalue weighted by Gasteiger charge is 2.18. The molecule has 3 aromatic rings. The van der Waals surface area contributed by atoms with Gasteiger partial charge >= 0.3 is 0 Å². The lowest BCUT2D eigenvalue weighted by molar-refractivity contribution is 0.0951. The first-order valence-electron chi connectivity index (χ1n) is 8.49. The van der Waals surface area contributed by atoms with Crippen LogP contribution in [0.2, 0.25) is 5.02 Å². The summed E-state index contributed by atoms with van der Waals surface area (Å²) in [5.74, 6) is 0.821. The molecule has 0 aliphatic carbocycles. The number of benzene rings is 1. The number of amides is 1. The molecule has 3 heterocycles.